The van der Waals surface area contributed by atoms with E-state index in [0.717, 1.165) is 47.8 Å². The van der Waals surface area contributed by atoms with Gasteiger partial charge in [0.15, 0.2) is 5.82 Å². The zero-order valence-corrected chi connectivity index (χ0v) is 20.5. The number of aliphatic imine (C=N–C) groups is 1. The quantitative estimate of drug-likeness (QED) is 0.424. The number of aromatic nitrogens is 4. The fourth-order valence-electron chi connectivity index (χ4n) is 5.90. The molecular formula is C27H29N7O2. The summed E-state index contributed by atoms with van der Waals surface area (Å²) in [5.74, 6) is 2.48. The van der Waals surface area contributed by atoms with E-state index in [-0.39, 0.29) is 18.0 Å². The second-order valence-corrected chi connectivity index (χ2v) is 9.66. The minimum Gasteiger partial charge on any atom is -0.494 e. The van der Waals surface area contributed by atoms with Crippen LogP contribution in [0.1, 0.15) is 28.8 Å². The van der Waals surface area contributed by atoms with Gasteiger partial charge in [-0.2, -0.15) is 0 Å². The average Bonchev–Trinajstić information content (AvgIpc) is 3.65. The number of carbonyl (C=O) groups excluding carboxylic acids is 1. The third kappa shape index (κ3) is 3.42. The van der Waals surface area contributed by atoms with Gasteiger partial charge < -0.3 is 24.5 Å². The summed E-state index contributed by atoms with van der Waals surface area (Å²) in [7, 11) is 3.57. The molecule has 6 rings (SSSR count). The molecular weight excluding hydrogens is 454 g/mol. The molecule has 2 aliphatic rings. The van der Waals surface area contributed by atoms with Crippen molar-refractivity contribution in [1.82, 2.24) is 24.0 Å². The molecule has 1 aromatic carbocycles. The summed E-state index contributed by atoms with van der Waals surface area (Å²) in [6.07, 6.45) is 5.66. The Hall–Kier alpha value is -3.98. The van der Waals surface area contributed by atoms with Crippen LogP contribution in [0.4, 0.5) is 5.82 Å². The van der Waals surface area contributed by atoms with Gasteiger partial charge >= 0.3 is 0 Å². The van der Waals surface area contributed by atoms with E-state index in [4.69, 9.17) is 15.5 Å². The number of nitrogens with two attached hydrogens (primary N) is 1. The van der Waals surface area contributed by atoms with Crippen LogP contribution in [0.3, 0.4) is 0 Å². The second-order valence-electron chi connectivity index (χ2n) is 9.66. The molecule has 36 heavy (non-hydrogen) atoms. The van der Waals surface area contributed by atoms with Crippen molar-refractivity contribution in [2.75, 3.05) is 13.7 Å². The SMILES string of the molecule is C=Nc1ccc(-c2nc3cc(C(=O)N4C[C@H]5CC[C@@H]4[C@@H]5N)cc(OC)c3n2C)n1Cc1cccnc1. The van der Waals surface area contributed by atoms with Crippen LogP contribution < -0.4 is 10.5 Å². The van der Waals surface area contributed by atoms with E-state index in [1.54, 1.807) is 13.3 Å². The highest BCUT2D eigenvalue weighted by atomic mass is 16.5. The number of rotatable bonds is 6. The van der Waals surface area contributed by atoms with E-state index in [1.165, 1.54) is 0 Å². The molecule has 0 spiro atoms. The molecule has 3 atom stereocenters. The zero-order valence-electron chi connectivity index (χ0n) is 20.5. The van der Waals surface area contributed by atoms with Gasteiger partial charge in [0.1, 0.15) is 17.1 Å². The number of benzene rings is 1. The first-order valence-electron chi connectivity index (χ1n) is 12.2. The number of hydrogen-bond acceptors (Lipinski definition) is 6. The van der Waals surface area contributed by atoms with E-state index in [9.17, 15) is 4.79 Å². The third-order valence-corrected chi connectivity index (χ3v) is 7.73. The largest absolute Gasteiger partial charge is 0.494 e. The molecule has 3 aromatic heterocycles. The molecule has 184 valence electrons. The Morgan fingerprint density at radius 2 is 2.14 bits per heavy atom. The summed E-state index contributed by atoms with van der Waals surface area (Å²) in [6, 6.07) is 11.7. The van der Waals surface area contributed by atoms with Gasteiger partial charge in [-0.15, -0.1) is 0 Å². The van der Waals surface area contributed by atoms with Gasteiger partial charge in [0, 0.05) is 43.6 Å². The number of methoxy groups -OCH3 is 1. The van der Waals surface area contributed by atoms with Crippen molar-refractivity contribution in [3.63, 3.8) is 0 Å². The number of imidazole rings is 1. The Morgan fingerprint density at radius 3 is 2.81 bits per heavy atom. The summed E-state index contributed by atoms with van der Waals surface area (Å²) in [5.41, 5.74) is 10.4. The number of fused-ring (bicyclic) bond motifs is 3. The van der Waals surface area contributed by atoms with Crippen LogP contribution in [-0.4, -0.2) is 62.4 Å². The summed E-state index contributed by atoms with van der Waals surface area (Å²) in [5, 5.41) is 0. The van der Waals surface area contributed by atoms with Gasteiger partial charge in [-0.3, -0.25) is 9.78 Å². The third-order valence-electron chi connectivity index (χ3n) is 7.73. The van der Waals surface area contributed by atoms with E-state index in [2.05, 4.69) is 21.3 Å². The Kier molecular flexibility index (Phi) is 5.37. The molecule has 2 N–H and O–H groups in total. The van der Waals surface area contributed by atoms with Crippen molar-refractivity contribution >= 4 is 29.5 Å². The molecule has 1 amide bonds. The molecule has 1 saturated carbocycles. The van der Waals surface area contributed by atoms with Crippen LogP contribution in [-0.2, 0) is 13.6 Å². The van der Waals surface area contributed by atoms with Gasteiger partial charge in [0.05, 0.1) is 24.9 Å². The second kappa shape index (κ2) is 8.60. The van der Waals surface area contributed by atoms with Gasteiger partial charge in [0.25, 0.3) is 5.91 Å². The van der Waals surface area contributed by atoms with Gasteiger partial charge in [-0.05, 0) is 61.4 Å². The van der Waals surface area contributed by atoms with Crippen molar-refractivity contribution in [2.24, 2.45) is 23.7 Å². The predicted octanol–water partition coefficient (Wildman–Crippen LogP) is 3.39. The monoisotopic (exact) mass is 483 g/mol. The normalized spacial score (nSPS) is 20.9. The molecule has 4 aromatic rings. The number of carbonyl (C=O) groups is 1. The number of likely N-dealkylation sites (tertiary alicyclic amines) is 1. The highest BCUT2D eigenvalue weighted by Gasteiger charge is 2.47. The first-order chi connectivity index (χ1) is 17.5. The number of ether oxygens (including phenoxy) is 1. The molecule has 0 unspecified atom stereocenters. The Bertz CT molecular complexity index is 1470. The molecule has 1 aliphatic heterocycles. The first-order valence-corrected chi connectivity index (χ1v) is 12.2. The molecule has 1 aliphatic carbocycles. The van der Waals surface area contributed by atoms with Crippen molar-refractivity contribution in [3.8, 4) is 17.3 Å². The summed E-state index contributed by atoms with van der Waals surface area (Å²) < 4.78 is 9.81. The summed E-state index contributed by atoms with van der Waals surface area (Å²) in [6.45, 7) is 5.03. The molecule has 9 heteroatoms. The van der Waals surface area contributed by atoms with Gasteiger partial charge in [-0.25, -0.2) is 9.98 Å². The van der Waals surface area contributed by atoms with Crippen molar-refractivity contribution < 1.29 is 9.53 Å². The lowest BCUT2D eigenvalue weighted by Crippen LogP contribution is -2.41. The maximum Gasteiger partial charge on any atom is 0.254 e. The maximum atomic E-state index is 13.5. The Labute approximate surface area is 209 Å². The fourth-order valence-corrected chi connectivity index (χ4v) is 5.90. The number of amides is 1. The average molecular weight is 484 g/mol. The van der Waals surface area contributed by atoms with Gasteiger partial charge in [-0.1, -0.05) is 6.07 Å². The standard InChI is InChI=1S/C27H29N7O2/c1-29-23-9-8-21(33(23)14-16-5-4-10-30-13-16)26-31-19-11-18(12-22(36-3)25(19)32(26)2)27(35)34-15-17-6-7-20(34)24(17)28/h4-5,8-13,17,20,24H,1,6-7,14-15,28H2,2-3H3/t17-,20-,24-/m1/s1. The fraction of sp³-hybridized carbons (Fsp3) is 0.333. The van der Waals surface area contributed by atoms with Crippen molar-refractivity contribution in [3.05, 3.63) is 59.9 Å². The van der Waals surface area contributed by atoms with Crippen molar-refractivity contribution in [1.29, 1.82) is 0 Å². The van der Waals surface area contributed by atoms with Crippen LogP contribution >= 0.6 is 0 Å². The van der Waals surface area contributed by atoms with E-state index < -0.39 is 0 Å². The smallest absolute Gasteiger partial charge is 0.254 e. The number of pyridine rings is 1. The first kappa shape index (κ1) is 22.5. The molecule has 2 bridgehead atoms. The summed E-state index contributed by atoms with van der Waals surface area (Å²) in [4.78, 5) is 28.8. The topological polar surface area (TPSA) is 104 Å². The predicted molar refractivity (Wildman–Crippen MR) is 139 cm³/mol. The number of aryl methyl sites for hydroxylation is 1. The summed E-state index contributed by atoms with van der Waals surface area (Å²) >= 11 is 0. The molecule has 1 saturated heterocycles. The van der Waals surface area contributed by atoms with Crippen LogP contribution in [0.25, 0.3) is 22.6 Å². The number of hydrogen-bond donors (Lipinski definition) is 1. The van der Waals surface area contributed by atoms with Crippen LogP contribution in [0.2, 0.25) is 0 Å². The Balaban J connectivity index is 1.43. The number of piperidine rings is 1. The molecule has 4 heterocycles. The van der Waals surface area contributed by atoms with E-state index >= 15 is 0 Å². The minimum atomic E-state index is -0.0110. The minimum absolute atomic E-state index is 0.0110. The number of nitrogens with zero attached hydrogens (tertiary/aromatic N) is 6. The van der Waals surface area contributed by atoms with Crippen LogP contribution in [0.15, 0.2) is 53.8 Å². The maximum absolute atomic E-state index is 13.5. The molecule has 9 nitrogen and oxygen atoms in total. The van der Waals surface area contributed by atoms with E-state index in [0.29, 0.717) is 29.3 Å². The molecule has 2 fully saturated rings. The lowest BCUT2D eigenvalue weighted by molar-refractivity contribution is 0.0700. The Morgan fingerprint density at radius 1 is 1.28 bits per heavy atom. The lowest BCUT2D eigenvalue weighted by Gasteiger charge is -2.27. The van der Waals surface area contributed by atoms with E-state index in [1.807, 2.05) is 59.1 Å². The highest BCUT2D eigenvalue weighted by molar-refractivity contribution is 6.00. The lowest BCUT2D eigenvalue weighted by atomic mass is 10.1. The van der Waals surface area contributed by atoms with Crippen molar-refractivity contribution in [2.45, 2.75) is 31.5 Å². The zero-order chi connectivity index (χ0) is 25.0. The van der Waals surface area contributed by atoms with Gasteiger partial charge in [0.2, 0.25) is 0 Å². The van der Waals surface area contributed by atoms with Crippen LogP contribution in [0, 0.1) is 5.92 Å². The molecule has 0 radical (unpaired) electrons. The van der Waals surface area contributed by atoms with Crippen LogP contribution in [0.5, 0.6) is 5.75 Å². The highest BCUT2D eigenvalue weighted by Crippen LogP contribution is 2.39.